The lowest BCUT2D eigenvalue weighted by Gasteiger charge is -2.37. The van der Waals surface area contributed by atoms with E-state index in [0.717, 1.165) is 25.9 Å². The molecule has 7 heteroatoms. The van der Waals surface area contributed by atoms with Gasteiger partial charge in [0, 0.05) is 45.1 Å². The van der Waals surface area contributed by atoms with E-state index < -0.39 is 6.67 Å². The molecule has 0 saturated carbocycles. The lowest BCUT2D eigenvalue weighted by atomic mass is 10.0. The normalized spacial score (nSPS) is 21.8. The number of nitrogens with zero attached hydrogens (tertiary/aromatic N) is 4. The number of anilines is 1. The van der Waals surface area contributed by atoms with E-state index in [1.807, 2.05) is 23.1 Å². The van der Waals surface area contributed by atoms with E-state index in [1.165, 1.54) is 0 Å². The minimum Gasteiger partial charge on any atom is -0.342 e. The number of carbonyl (C=O) groups is 1. The smallest absolute Gasteiger partial charge is 0.262 e. The van der Waals surface area contributed by atoms with Crippen molar-refractivity contribution in [2.45, 2.75) is 25.3 Å². The molecule has 1 aromatic carbocycles. The van der Waals surface area contributed by atoms with E-state index in [1.54, 1.807) is 17.7 Å². The van der Waals surface area contributed by atoms with Gasteiger partial charge in [-0.1, -0.05) is 12.1 Å². The molecule has 1 atom stereocenters. The minimum absolute atomic E-state index is 0.0479. The number of alkyl halides is 1. The van der Waals surface area contributed by atoms with Crippen molar-refractivity contribution >= 4 is 22.8 Å². The Morgan fingerprint density at radius 1 is 1.19 bits per heavy atom. The van der Waals surface area contributed by atoms with Crippen LogP contribution in [0, 0.1) is 5.92 Å². The van der Waals surface area contributed by atoms with Gasteiger partial charge in [-0.25, -0.2) is 4.98 Å². The van der Waals surface area contributed by atoms with Crippen LogP contribution < -0.4 is 10.5 Å². The third-order valence-corrected chi connectivity index (χ3v) is 5.60. The second kappa shape index (κ2) is 6.70. The molecule has 2 aliphatic heterocycles. The fraction of sp³-hybridized carbons (Fsp3) is 0.526. The number of likely N-dealkylation sites (tertiary alicyclic amines) is 1. The number of carbonyl (C=O) groups excluding carboxylic acids is 1. The molecule has 1 amide bonds. The highest BCUT2D eigenvalue weighted by molar-refractivity contribution is 5.79. The van der Waals surface area contributed by atoms with E-state index in [0.29, 0.717) is 29.8 Å². The summed E-state index contributed by atoms with van der Waals surface area (Å²) in [5.74, 6) is 0.590. The summed E-state index contributed by atoms with van der Waals surface area (Å²) in [4.78, 5) is 33.4. The van der Waals surface area contributed by atoms with Crippen molar-refractivity contribution in [1.29, 1.82) is 0 Å². The molecular formula is C19H23FN4O2. The Morgan fingerprint density at radius 3 is 2.62 bits per heavy atom. The van der Waals surface area contributed by atoms with Gasteiger partial charge in [0.1, 0.15) is 0 Å². The monoisotopic (exact) mass is 358 g/mol. The van der Waals surface area contributed by atoms with Crippen molar-refractivity contribution in [3.05, 3.63) is 34.6 Å². The molecule has 26 heavy (non-hydrogen) atoms. The summed E-state index contributed by atoms with van der Waals surface area (Å²) in [5.41, 5.74) is 0.654. The maximum absolute atomic E-state index is 12.9. The van der Waals surface area contributed by atoms with Crippen LogP contribution in [-0.4, -0.2) is 52.7 Å². The van der Waals surface area contributed by atoms with Crippen LogP contribution in [-0.2, 0) is 11.8 Å². The van der Waals surface area contributed by atoms with Gasteiger partial charge in [-0.3, -0.25) is 18.5 Å². The highest BCUT2D eigenvalue weighted by atomic mass is 19.1. The molecule has 0 N–H and O–H groups in total. The van der Waals surface area contributed by atoms with E-state index in [-0.39, 0.29) is 23.4 Å². The Labute approximate surface area is 151 Å². The summed E-state index contributed by atoms with van der Waals surface area (Å²) in [6.45, 7) is 1.57. The highest BCUT2D eigenvalue weighted by Crippen LogP contribution is 2.27. The molecule has 0 aliphatic carbocycles. The predicted molar refractivity (Wildman–Crippen MR) is 98.0 cm³/mol. The largest absolute Gasteiger partial charge is 0.342 e. The number of halogens is 1. The second-order valence-electron chi connectivity index (χ2n) is 7.28. The third kappa shape index (κ3) is 2.85. The number of aromatic nitrogens is 2. The van der Waals surface area contributed by atoms with Crippen molar-refractivity contribution in [3.63, 3.8) is 0 Å². The van der Waals surface area contributed by atoms with Crippen LogP contribution in [0.15, 0.2) is 29.1 Å². The lowest BCUT2D eigenvalue weighted by molar-refractivity contribution is -0.130. The van der Waals surface area contributed by atoms with Gasteiger partial charge in [-0.05, 0) is 25.0 Å². The van der Waals surface area contributed by atoms with Crippen LogP contribution >= 0.6 is 0 Å². The summed E-state index contributed by atoms with van der Waals surface area (Å²) < 4.78 is 14.5. The van der Waals surface area contributed by atoms with Crippen LogP contribution in [0.3, 0.4) is 0 Å². The van der Waals surface area contributed by atoms with Gasteiger partial charge < -0.3 is 9.80 Å². The quantitative estimate of drug-likeness (QED) is 0.838. The van der Waals surface area contributed by atoms with Crippen molar-refractivity contribution in [3.8, 4) is 0 Å². The predicted octanol–water partition coefficient (Wildman–Crippen LogP) is 1.72. The maximum atomic E-state index is 12.9. The van der Waals surface area contributed by atoms with E-state index >= 15 is 0 Å². The molecule has 0 bridgehead atoms. The van der Waals surface area contributed by atoms with Gasteiger partial charge in [0.05, 0.1) is 17.6 Å². The number of hydrogen-bond acceptors (Lipinski definition) is 4. The Hall–Kier alpha value is -2.44. The van der Waals surface area contributed by atoms with E-state index in [4.69, 9.17) is 0 Å². The number of benzene rings is 1. The summed E-state index contributed by atoms with van der Waals surface area (Å²) in [6.07, 6.45) is 1.96. The average molecular weight is 358 g/mol. The Kier molecular flexibility index (Phi) is 4.38. The third-order valence-electron chi connectivity index (χ3n) is 5.60. The highest BCUT2D eigenvalue weighted by Gasteiger charge is 2.36. The second-order valence-corrected chi connectivity index (χ2v) is 7.28. The van der Waals surface area contributed by atoms with Crippen molar-refractivity contribution in [1.82, 2.24) is 14.5 Å². The number of hydrogen-bond donors (Lipinski definition) is 0. The molecular weight excluding hydrogens is 335 g/mol. The number of amides is 1. The van der Waals surface area contributed by atoms with E-state index in [2.05, 4.69) is 9.88 Å². The van der Waals surface area contributed by atoms with Gasteiger partial charge in [-0.15, -0.1) is 0 Å². The lowest BCUT2D eigenvalue weighted by Crippen LogP contribution is -2.47. The van der Waals surface area contributed by atoms with Gasteiger partial charge in [0.2, 0.25) is 11.9 Å². The standard InChI is InChI=1S/C19H23FN4O2/c1-22-18(26)15-4-2-3-5-16(15)21-19(22)23-8-6-14(7-9-23)24-12-13(11-20)10-17(24)25/h2-5,13-14H,6-12H2,1H3. The first-order chi connectivity index (χ1) is 12.6. The molecule has 1 aromatic heterocycles. The molecule has 2 fully saturated rings. The van der Waals surface area contributed by atoms with Crippen molar-refractivity contribution < 1.29 is 9.18 Å². The fourth-order valence-corrected chi connectivity index (χ4v) is 4.13. The molecule has 3 heterocycles. The molecule has 2 aliphatic rings. The number of fused-ring (bicyclic) bond motifs is 1. The van der Waals surface area contributed by atoms with Gasteiger partial charge in [-0.2, -0.15) is 0 Å². The summed E-state index contributed by atoms with van der Waals surface area (Å²) >= 11 is 0. The minimum atomic E-state index is -0.426. The van der Waals surface area contributed by atoms with Crippen LogP contribution in [0.5, 0.6) is 0 Å². The molecule has 0 radical (unpaired) electrons. The Morgan fingerprint density at radius 2 is 1.92 bits per heavy atom. The van der Waals surface area contributed by atoms with Crippen LogP contribution in [0.4, 0.5) is 10.3 Å². The zero-order chi connectivity index (χ0) is 18.3. The first-order valence-electron chi connectivity index (χ1n) is 9.14. The van der Waals surface area contributed by atoms with Crippen LogP contribution in [0.2, 0.25) is 0 Å². The van der Waals surface area contributed by atoms with Gasteiger partial charge in [0.25, 0.3) is 5.56 Å². The zero-order valence-electron chi connectivity index (χ0n) is 14.9. The average Bonchev–Trinajstić information content (AvgIpc) is 3.06. The molecule has 1 unspecified atom stereocenters. The summed E-state index contributed by atoms with van der Waals surface area (Å²) in [6, 6.07) is 7.53. The summed E-state index contributed by atoms with van der Waals surface area (Å²) in [7, 11) is 1.75. The molecule has 2 saturated heterocycles. The first-order valence-corrected chi connectivity index (χ1v) is 9.14. The maximum Gasteiger partial charge on any atom is 0.262 e. The molecule has 0 spiro atoms. The van der Waals surface area contributed by atoms with E-state index in [9.17, 15) is 14.0 Å². The molecule has 6 nitrogen and oxygen atoms in total. The zero-order valence-corrected chi connectivity index (χ0v) is 14.9. The first kappa shape index (κ1) is 17.0. The fourth-order valence-electron chi connectivity index (χ4n) is 4.13. The van der Waals surface area contributed by atoms with Gasteiger partial charge in [0.15, 0.2) is 0 Å². The SMILES string of the molecule is Cn1c(N2CCC(N3CC(CF)CC3=O)CC2)nc2ccccc2c1=O. The topological polar surface area (TPSA) is 58.4 Å². The van der Waals surface area contributed by atoms with Gasteiger partial charge >= 0.3 is 0 Å². The number of piperidine rings is 1. The Bertz CT molecular complexity index is 889. The van der Waals surface area contributed by atoms with Crippen LogP contribution in [0.1, 0.15) is 19.3 Å². The molecule has 4 rings (SSSR count). The molecule has 2 aromatic rings. The summed E-state index contributed by atoms with van der Waals surface area (Å²) in [5, 5.41) is 0.619. The molecule has 138 valence electrons. The Balaban J connectivity index is 1.52. The number of para-hydroxylation sites is 1. The van der Waals surface area contributed by atoms with Crippen molar-refractivity contribution in [2.75, 3.05) is 31.2 Å². The number of rotatable bonds is 3. The van der Waals surface area contributed by atoms with Crippen LogP contribution in [0.25, 0.3) is 10.9 Å². The van der Waals surface area contributed by atoms with Crippen molar-refractivity contribution in [2.24, 2.45) is 13.0 Å².